The van der Waals surface area contributed by atoms with Crippen molar-refractivity contribution in [2.24, 2.45) is 11.3 Å². The van der Waals surface area contributed by atoms with E-state index in [4.69, 9.17) is 0 Å². The van der Waals surface area contributed by atoms with Gasteiger partial charge in [0.05, 0.1) is 18.6 Å². The van der Waals surface area contributed by atoms with Crippen molar-refractivity contribution in [2.45, 2.75) is 52.1 Å². The molecular weight excluding hydrogens is 368 g/mol. The van der Waals surface area contributed by atoms with E-state index in [1.807, 2.05) is 26.8 Å². The standard InChI is InChI=1S/C21H30N6O2/c1-21(2)6-3-4-17(21)20(29)26-10-11-27(18(14-26)16-12-23-24-13-16)19(28)5-8-25-9-7-22-15-25/h7,9,12-13,15,17-18H,3-6,8,10-11,14H2,1-2H3,(H,23,24). The molecule has 2 aromatic heterocycles. The molecule has 29 heavy (non-hydrogen) atoms. The van der Waals surface area contributed by atoms with Gasteiger partial charge in [-0.15, -0.1) is 0 Å². The van der Waals surface area contributed by atoms with Crippen molar-refractivity contribution in [2.75, 3.05) is 19.6 Å². The van der Waals surface area contributed by atoms with Gasteiger partial charge in [0.25, 0.3) is 0 Å². The molecule has 1 N–H and O–H groups in total. The molecule has 1 saturated heterocycles. The van der Waals surface area contributed by atoms with Crippen molar-refractivity contribution in [3.8, 4) is 0 Å². The van der Waals surface area contributed by atoms with E-state index in [0.717, 1.165) is 24.8 Å². The van der Waals surface area contributed by atoms with Crippen LogP contribution in [0.3, 0.4) is 0 Å². The van der Waals surface area contributed by atoms with E-state index in [2.05, 4.69) is 29.0 Å². The minimum Gasteiger partial charge on any atom is -0.338 e. The fourth-order valence-corrected chi connectivity index (χ4v) is 4.80. The molecule has 2 aromatic rings. The summed E-state index contributed by atoms with van der Waals surface area (Å²) in [4.78, 5) is 34.2. The van der Waals surface area contributed by atoms with E-state index in [0.29, 0.717) is 32.6 Å². The summed E-state index contributed by atoms with van der Waals surface area (Å²) in [5.41, 5.74) is 1.00. The topological polar surface area (TPSA) is 87.1 Å². The molecule has 2 unspecified atom stereocenters. The van der Waals surface area contributed by atoms with Crippen LogP contribution in [-0.4, -0.2) is 61.0 Å². The summed E-state index contributed by atoms with van der Waals surface area (Å²) in [5.74, 6) is 0.417. The van der Waals surface area contributed by atoms with Gasteiger partial charge in [-0.25, -0.2) is 4.98 Å². The number of nitrogens with one attached hydrogen (secondary N) is 1. The molecular formula is C21H30N6O2. The Kier molecular flexibility index (Phi) is 5.43. The summed E-state index contributed by atoms with van der Waals surface area (Å²) in [7, 11) is 0. The highest BCUT2D eigenvalue weighted by Crippen LogP contribution is 2.44. The Balaban J connectivity index is 1.47. The summed E-state index contributed by atoms with van der Waals surface area (Å²) >= 11 is 0. The lowest BCUT2D eigenvalue weighted by Crippen LogP contribution is -2.54. The highest BCUT2D eigenvalue weighted by atomic mass is 16.2. The Hall–Kier alpha value is -2.64. The molecule has 1 saturated carbocycles. The number of rotatable bonds is 5. The summed E-state index contributed by atoms with van der Waals surface area (Å²) in [6, 6.07) is -0.161. The number of aromatic nitrogens is 4. The average molecular weight is 399 g/mol. The Morgan fingerprint density at radius 1 is 1.31 bits per heavy atom. The van der Waals surface area contributed by atoms with Gasteiger partial charge in [0.1, 0.15) is 0 Å². The molecule has 8 heteroatoms. The summed E-state index contributed by atoms with van der Waals surface area (Å²) < 4.78 is 1.91. The van der Waals surface area contributed by atoms with Crippen LogP contribution in [0.1, 0.15) is 51.1 Å². The van der Waals surface area contributed by atoms with Crippen LogP contribution in [0.25, 0.3) is 0 Å². The Labute approximate surface area is 171 Å². The van der Waals surface area contributed by atoms with Crippen molar-refractivity contribution in [1.29, 1.82) is 0 Å². The van der Waals surface area contributed by atoms with Crippen molar-refractivity contribution < 1.29 is 9.59 Å². The second-order valence-corrected chi connectivity index (χ2v) is 8.90. The fraction of sp³-hybridized carbons (Fsp3) is 0.619. The predicted molar refractivity (Wildman–Crippen MR) is 108 cm³/mol. The highest BCUT2D eigenvalue weighted by molar-refractivity contribution is 5.81. The van der Waals surface area contributed by atoms with Gasteiger partial charge < -0.3 is 14.4 Å². The van der Waals surface area contributed by atoms with Crippen LogP contribution < -0.4 is 0 Å². The lowest BCUT2D eigenvalue weighted by molar-refractivity contribution is -0.147. The minimum absolute atomic E-state index is 0.0555. The highest BCUT2D eigenvalue weighted by Gasteiger charge is 2.43. The number of aromatic amines is 1. The zero-order valence-electron chi connectivity index (χ0n) is 17.3. The third-order valence-corrected chi connectivity index (χ3v) is 6.61. The number of imidazole rings is 1. The number of carbonyl (C=O) groups excluding carboxylic acids is 2. The first kappa shape index (κ1) is 19.7. The first-order valence-corrected chi connectivity index (χ1v) is 10.5. The number of aryl methyl sites for hydroxylation is 1. The van der Waals surface area contributed by atoms with Crippen LogP contribution in [0.15, 0.2) is 31.1 Å². The minimum atomic E-state index is -0.161. The number of amides is 2. The molecule has 156 valence electrons. The number of carbonyl (C=O) groups is 2. The molecule has 4 rings (SSSR count). The van der Waals surface area contributed by atoms with Crippen molar-refractivity contribution in [1.82, 2.24) is 29.5 Å². The molecule has 0 radical (unpaired) electrons. The van der Waals surface area contributed by atoms with Crippen LogP contribution in [0.2, 0.25) is 0 Å². The SMILES string of the molecule is CC1(C)CCCC1C(=O)N1CCN(C(=O)CCn2ccnc2)C(c2cn[nH]c2)C1. The molecule has 2 amide bonds. The first-order valence-electron chi connectivity index (χ1n) is 10.5. The van der Waals surface area contributed by atoms with Gasteiger partial charge in [-0.1, -0.05) is 20.3 Å². The van der Waals surface area contributed by atoms with Gasteiger partial charge >= 0.3 is 0 Å². The second-order valence-electron chi connectivity index (χ2n) is 8.90. The van der Waals surface area contributed by atoms with Crippen molar-refractivity contribution in [3.63, 3.8) is 0 Å². The molecule has 2 fully saturated rings. The maximum Gasteiger partial charge on any atom is 0.226 e. The van der Waals surface area contributed by atoms with Gasteiger partial charge in [0.2, 0.25) is 11.8 Å². The monoisotopic (exact) mass is 398 g/mol. The van der Waals surface area contributed by atoms with Gasteiger partial charge in [-0.2, -0.15) is 5.10 Å². The summed E-state index contributed by atoms with van der Waals surface area (Å²) in [6.45, 7) is 6.68. The molecule has 2 atom stereocenters. The molecule has 1 aliphatic heterocycles. The molecule has 0 aromatic carbocycles. The van der Waals surface area contributed by atoms with E-state index in [1.54, 1.807) is 18.7 Å². The molecule has 2 aliphatic rings. The van der Waals surface area contributed by atoms with Crippen LogP contribution in [-0.2, 0) is 16.1 Å². The largest absolute Gasteiger partial charge is 0.338 e. The normalized spacial score (nSPS) is 24.1. The summed E-state index contributed by atoms with van der Waals surface area (Å²) in [5, 5.41) is 6.92. The molecule has 0 bridgehead atoms. The third-order valence-electron chi connectivity index (χ3n) is 6.61. The first-order chi connectivity index (χ1) is 14.0. The van der Waals surface area contributed by atoms with Crippen molar-refractivity contribution >= 4 is 11.8 Å². The number of H-pyrrole nitrogens is 1. The average Bonchev–Trinajstić information content (AvgIpc) is 3.47. The zero-order chi connectivity index (χ0) is 20.4. The van der Waals surface area contributed by atoms with Crippen LogP contribution in [0, 0.1) is 11.3 Å². The number of hydrogen-bond acceptors (Lipinski definition) is 4. The Morgan fingerprint density at radius 3 is 2.83 bits per heavy atom. The molecule has 3 heterocycles. The van der Waals surface area contributed by atoms with Crippen LogP contribution in [0.5, 0.6) is 0 Å². The van der Waals surface area contributed by atoms with E-state index in [-0.39, 0.29) is 29.2 Å². The van der Waals surface area contributed by atoms with E-state index in [1.165, 1.54) is 0 Å². The Bertz CT molecular complexity index is 829. The van der Waals surface area contributed by atoms with Gasteiger partial charge in [0.15, 0.2) is 0 Å². The maximum atomic E-state index is 13.3. The zero-order valence-corrected chi connectivity index (χ0v) is 17.3. The third kappa shape index (κ3) is 4.06. The van der Waals surface area contributed by atoms with E-state index >= 15 is 0 Å². The molecule has 1 aliphatic carbocycles. The second kappa shape index (κ2) is 8.00. The molecule has 0 spiro atoms. The lowest BCUT2D eigenvalue weighted by Gasteiger charge is -2.43. The number of hydrogen-bond donors (Lipinski definition) is 1. The quantitative estimate of drug-likeness (QED) is 0.837. The van der Waals surface area contributed by atoms with Crippen LogP contribution in [0.4, 0.5) is 0 Å². The van der Waals surface area contributed by atoms with Crippen molar-refractivity contribution in [3.05, 3.63) is 36.7 Å². The van der Waals surface area contributed by atoms with E-state index < -0.39 is 0 Å². The maximum absolute atomic E-state index is 13.3. The number of nitrogens with zero attached hydrogens (tertiary/aromatic N) is 5. The number of piperazine rings is 1. The van der Waals surface area contributed by atoms with E-state index in [9.17, 15) is 9.59 Å². The van der Waals surface area contributed by atoms with Gasteiger partial charge in [-0.3, -0.25) is 14.7 Å². The Morgan fingerprint density at radius 2 is 2.17 bits per heavy atom. The lowest BCUT2D eigenvalue weighted by atomic mass is 9.81. The fourth-order valence-electron chi connectivity index (χ4n) is 4.80. The smallest absolute Gasteiger partial charge is 0.226 e. The van der Waals surface area contributed by atoms with Gasteiger partial charge in [0, 0.05) is 62.7 Å². The predicted octanol–water partition coefficient (Wildman–Crippen LogP) is 2.23. The molecule has 8 nitrogen and oxygen atoms in total. The summed E-state index contributed by atoms with van der Waals surface area (Å²) in [6.07, 6.45) is 12.5. The van der Waals surface area contributed by atoms with Crippen LogP contribution >= 0.6 is 0 Å². The van der Waals surface area contributed by atoms with Gasteiger partial charge in [-0.05, 0) is 18.3 Å².